The van der Waals surface area contributed by atoms with Crippen LogP contribution in [-0.4, -0.2) is 63.4 Å². The molecule has 2 rings (SSSR count). The zero-order valence-electron chi connectivity index (χ0n) is 23.9. The van der Waals surface area contributed by atoms with Gasteiger partial charge < -0.3 is 11.6 Å². The average Bonchev–Trinajstić information content (AvgIpc) is 2.55. The van der Waals surface area contributed by atoms with E-state index >= 15 is 0 Å². The Balaban J connectivity index is -0.0000000677. The first-order valence-electron chi connectivity index (χ1n) is 10.7. The maximum absolute atomic E-state index is 11.5. The van der Waals surface area contributed by atoms with Crippen molar-refractivity contribution in [1.29, 1.82) is 0 Å². The van der Waals surface area contributed by atoms with E-state index in [1.165, 1.54) is 0 Å². The van der Waals surface area contributed by atoms with Crippen molar-refractivity contribution < 1.29 is 75.0 Å². The quantitative estimate of drug-likeness (QED) is 0.322. The molecule has 2 aliphatic heterocycles. The molecule has 2 heterocycles. The molecule has 0 spiro atoms. The Hall–Kier alpha value is 0.520. The normalized spacial score (nSPS) is 23.4. The van der Waals surface area contributed by atoms with E-state index in [0.29, 0.717) is 0 Å². The first-order valence-corrected chi connectivity index (χ1v) is 10.7. The molecule has 2 aliphatic rings. The molecule has 1 N–H and O–H groups in total. The van der Waals surface area contributed by atoms with Gasteiger partial charge >= 0.3 is 59.1 Å². The number of rotatable bonds is 0. The van der Waals surface area contributed by atoms with Gasteiger partial charge in [-0.2, -0.15) is 0 Å². The molecule has 178 valence electrons. The molecule has 0 unspecified atom stereocenters. The predicted molar refractivity (Wildman–Crippen MR) is 133 cm³/mol. The summed E-state index contributed by atoms with van der Waals surface area (Å²) < 4.78 is 0. The molecule has 0 amide bonds. The molecule has 2 saturated heterocycles. The van der Waals surface area contributed by atoms with Crippen molar-refractivity contribution in [3.63, 3.8) is 0 Å². The molecule has 0 saturated carbocycles. The van der Waals surface area contributed by atoms with E-state index < -0.39 is 0 Å². The summed E-state index contributed by atoms with van der Waals surface area (Å²) in [6.45, 7) is 17.4. The molecule has 2 fully saturated rings. The van der Waals surface area contributed by atoms with Crippen molar-refractivity contribution in [2.45, 2.75) is 115 Å². The van der Waals surface area contributed by atoms with E-state index in [2.05, 4.69) is 103 Å². The summed E-state index contributed by atoms with van der Waals surface area (Å²) in [5.41, 5.74) is 0.380. The summed E-state index contributed by atoms with van der Waals surface area (Å²) >= 11 is 0. The third-order valence-corrected chi connectivity index (χ3v) is 6.76. The van der Waals surface area contributed by atoms with E-state index in [9.17, 15) is 10.2 Å². The van der Waals surface area contributed by atoms with Gasteiger partial charge in [-0.25, -0.2) is 0 Å². The number of hydrogen-bond donors (Lipinski definition) is 1. The summed E-state index contributed by atoms with van der Waals surface area (Å²) in [6, 6.07) is 0. The van der Waals surface area contributed by atoms with Crippen LogP contribution in [0.15, 0.2) is 0 Å². The van der Waals surface area contributed by atoms with Crippen LogP contribution in [-0.2, 0) is 0 Å². The molecule has 0 bridgehead atoms. The number of nitrogens with zero attached hydrogens (tertiary/aromatic N) is 2. The maximum Gasteiger partial charge on any atom is 1.00 e. The Morgan fingerprint density at radius 2 is 1.03 bits per heavy atom. The minimum absolute atomic E-state index is 0. The van der Waals surface area contributed by atoms with Crippen molar-refractivity contribution >= 4 is 0 Å². The number of likely N-dealkylation sites (tertiary alicyclic amines) is 2. The summed E-state index contributed by atoms with van der Waals surface area (Å²) in [5, 5.41) is 21.2. The van der Waals surface area contributed by atoms with Gasteiger partial charge in [-0.05, 0) is 119 Å². The van der Waals surface area contributed by atoms with Gasteiger partial charge in [-0.15, -0.1) is 19.0 Å². The van der Waals surface area contributed by atoms with Crippen LogP contribution in [0, 0.1) is 36.5 Å². The van der Waals surface area contributed by atoms with Crippen LogP contribution < -0.4 is 64.2 Å². The molecule has 4 nitrogen and oxygen atoms in total. The van der Waals surface area contributed by atoms with Crippen LogP contribution in [0.1, 0.15) is 86.8 Å². The van der Waals surface area contributed by atoms with E-state index in [-0.39, 0.29) is 99.2 Å². The van der Waals surface area contributed by atoms with E-state index in [1.807, 2.05) is 0 Å². The third-order valence-electron chi connectivity index (χ3n) is 6.76. The molecule has 6 heteroatoms. The number of aliphatic hydroxyl groups excluding tert-OH is 1. The Labute approximate surface area is 249 Å². The fourth-order valence-corrected chi connectivity index (χ4v) is 4.67. The van der Waals surface area contributed by atoms with Crippen molar-refractivity contribution in [3.8, 4) is 36.5 Å². The summed E-state index contributed by atoms with van der Waals surface area (Å²) in [6.07, 6.45) is 12.2. The first kappa shape index (κ1) is 37.1. The number of aliphatic hydroxyl groups is 1. The second-order valence-electron chi connectivity index (χ2n) is 11.0. The van der Waals surface area contributed by atoms with Crippen molar-refractivity contribution in [3.05, 3.63) is 0 Å². The van der Waals surface area contributed by atoms with Gasteiger partial charge in [0.15, 0.2) is 0 Å². The number of piperidine rings is 2. The minimum Gasteiger partial charge on any atom is -1.00 e. The zero-order chi connectivity index (χ0) is 24.0. The van der Waals surface area contributed by atoms with Crippen LogP contribution in [0.5, 0.6) is 0 Å². The Kier molecular flexibility index (Phi) is 17.2. The largest absolute Gasteiger partial charge is 1.00 e. The van der Waals surface area contributed by atoms with Gasteiger partial charge in [-0.1, -0.05) is 0 Å². The van der Waals surface area contributed by atoms with Gasteiger partial charge in [0.05, 0.1) is 6.10 Å². The van der Waals surface area contributed by atoms with Crippen molar-refractivity contribution in [1.82, 2.24) is 9.80 Å². The molecule has 0 aromatic rings. The van der Waals surface area contributed by atoms with E-state index in [1.54, 1.807) is 0 Å². The Morgan fingerprint density at radius 1 is 0.781 bits per heavy atom. The molecule has 0 aromatic heterocycles. The number of terminal acetylenes is 2. The summed E-state index contributed by atoms with van der Waals surface area (Å²) in [5.74, 6) is 8.61. The van der Waals surface area contributed by atoms with Crippen LogP contribution in [0.3, 0.4) is 0 Å². The van der Waals surface area contributed by atoms with Gasteiger partial charge in [0.25, 0.3) is 0 Å². The van der Waals surface area contributed by atoms with Gasteiger partial charge in [-0.3, -0.25) is 9.80 Å². The third kappa shape index (κ3) is 11.8. The Bertz CT molecular complexity index is 630. The SMILES string of the molecule is C#CC#CC#C.CN1C(C)(C)CC(O)CC1(C)C.CN1C(C)(C)CC([O-])CC1(C)C.[2HH].[H-].[HH].[HH].[Na+].[Na+]. The minimum atomic E-state index is -0.383. The summed E-state index contributed by atoms with van der Waals surface area (Å²) in [4.78, 5) is 4.70. The molecule has 0 aliphatic carbocycles. The standard InChI is InChI=1S/C10H21NO.C10H20NO.C6H2.2Na.3H2.H/c2*1-9(2)6-8(12)7-10(3,4)11(9)5;1-3-5-6-4-2;;;;;;/h8,12H,6-7H2,1-5H3;8H,6-7H2,1-5H3;1-2H;;;3*1H;/q;-1;;2*+1;;;;-1/i;;;;;1+1;;;. The Morgan fingerprint density at radius 3 is 1.28 bits per heavy atom. The van der Waals surface area contributed by atoms with Crippen LogP contribution in [0.4, 0.5) is 0 Å². The number of hydrogen-bond acceptors (Lipinski definition) is 4. The van der Waals surface area contributed by atoms with E-state index in [4.69, 9.17) is 12.8 Å². The molecular formula is C26H50N2Na2O2. The van der Waals surface area contributed by atoms with E-state index in [0.717, 1.165) is 25.7 Å². The zero-order valence-corrected chi connectivity index (χ0v) is 26.9. The first-order chi connectivity index (χ1) is 13.4. The fourth-order valence-electron chi connectivity index (χ4n) is 4.67. The predicted octanol–water partition coefficient (Wildman–Crippen LogP) is -2.26. The smallest absolute Gasteiger partial charge is 1.00 e. The van der Waals surface area contributed by atoms with Gasteiger partial charge in [0, 0.05) is 26.4 Å². The topological polar surface area (TPSA) is 49.8 Å². The van der Waals surface area contributed by atoms with Crippen LogP contribution in [0.2, 0.25) is 0 Å². The monoisotopic (exact) mass is 469 g/mol. The molecular weight excluding hydrogens is 418 g/mol. The summed E-state index contributed by atoms with van der Waals surface area (Å²) in [7, 11) is 4.26. The fraction of sp³-hybridized carbons (Fsp3) is 0.769. The molecule has 0 aromatic carbocycles. The van der Waals surface area contributed by atoms with Crippen molar-refractivity contribution in [2.75, 3.05) is 14.1 Å². The van der Waals surface area contributed by atoms with Gasteiger partial charge in [0.2, 0.25) is 0 Å². The molecule has 0 atom stereocenters. The second-order valence-corrected chi connectivity index (χ2v) is 11.0. The average molecular weight is 470 g/mol. The maximum atomic E-state index is 11.5. The second kappa shape index (κ2) is 14.8. The van der Waals surface area contributed by atoms with Gasteiger partial charge in [0.1, 0.15) is 0 Å². The van der Waals surface area contributed by atoms with Crippen LogP contribution in [0.25, 0.3) is 0 Å². The van der Waals surface area contributed by atoms with Crippen LogP contribution >= 0.6 is 0 Å². The van der Waals surface area contributed by atoms with Crippen molar-refractivity contribution in [2.24, 2.45) is 0 Å². The molecule has 0 radical (unpaired) electrons. The molecule has 32 heavy (non-hydrogen) atoms.